The number of nitrogens with one attached hydrogen (secondary N) is 1. The predicted octanol–water partition coefficient (Wildman–Crippen LogP) is 4.61. The third kappa shape index (κ3) is 4.67. The number of hydrogen-bond donors (Lipinski definition) is 1. The van der Waals surface area contributed by atoms with Gasteiger partial charge in [-0.2, -0.15) is 5.26 Å². The van der Waals surface area contributed by atoms with Gasteiger partial charge in [0.2, 0.25) is 0 Å². The van der Waals surface area contributed by atoms with Crippen LogP contribution in [0.1, 0.15) is 46.5 Å². The van der Waals surface area contributed by atoms with Crippen molar-refractivity contribution in [1.82, 2.24) is 0 Å². The number of anilines is 1. The molecule has 1 aromatic rings. The Morgan fingerprint density at radius 1 is 1.14 bits per heavy atom. The molecule has 0 radical (unpaired) electrons. The molecule has 1 aliphatic rings. The van der Waals surface area contributed by atoms with Gasteiger partial charge in [-0.15, -0.1) is 0 Å². The molecule has 0 heterocycles. The molecule has 2 rings (SSSR count). The third-order valence-electron chi connectivity index (χ3n) is 4.48. The quantitative estimate of drug-likeness (QED) is 0.879. The standard InChI is InChI=1S/C18H26N2O/c1-18(2,3)14-4-6-15(7-5-14)20-16-8-10-17(11-9-16)21-13-12-19/h8-11,14-15,20H,4-7,13H2,1-3H3. The molecule has 0 bridgehead atoms. The van der Waals surface area contributed by atoms with Crippen LogP contribution >= 0.6 is 0 Å². The summed E-state index contributed by atoms with van der Waals surface area (Å²) in [5.74, 6) is 1.59. The highest BCUT2D eigenvalue weighted by Gasteiger charge is 2.29. The van der Waals surface area contributed by atoms with Gasteiger partial charge in [-0.1, -0.05) is 20.8 Å². The van der Waals surface area contributed by atoms with Crippen molar-refractivity contribution in [1.29, 1.82) is 5.26 Å². The van der Waals surface area contributed by atoms with E-state index in [1.165, 1.54) is 25.7 Å². The topological polar surface area (TPSA) is 45.0 Å². The molecule has 1 saturated carbocycles. The van der Waals surface area contributed by atoms with Gasteiger partial charge in [-0.05, 0) is 61.3 Å². The Balaban J connectivity index is 1.82. The molecular weight excluding hydrogens is 260 g/mol. The maximum absolute atomic E-state index is 8.49. The van der Waals surface area contributed by atoms with Crippen molar-refractivity contribution in [2.24, 2.45) is 11.3 Å². The second-order valence-corrected chi connectivity index (χ2v) is 7.03. The van der Waals surface area contributed by atoms with Gasteiger partial charge in [0, 0.05) is 11.7 Å². The van der Waals surface area contributed by atoms with Crippen LogP contribution in [0.25, 0.3) is 0 Å². The van der Waals surface area contributed by atoms with Crippen LogP contribution in [0.4, 0.5) is 5.69 Å². The van der Waals surface area contributed by atoms with Gasteiger partial charge in [-0.3, -0.25) is 0 Å². The first-order valence-electron chi connectivity index (χ1n) is 7.85. The largest absolute Gasteiger partial charge is 0.479 e. The van der Waals surface area contributed by atoms with Crippen molar-refractivity contribution in [3.63, 3.8) is 0 Å². The van der Waals surface area contributed by atoms with Crippen molar-refractivity contribution in [2.45, 2.75) is 52.5 Å². The van der Waals surface area contributed by atoms with Gasteiger partial charge in [0.05, 0.1) is 0 Å². The molecule has 3 heteroatoms. The lowest BCUT2D eigenvalue weighted by atomic mass is 9.71. The van der Waals surface area contributed by atoms with Gasteiger partial charge < -0.3 is 10.1 Å². The minimum Gasteiger partial charge on any atom is -0.479 e. The fraction of sp³-hybridized carbons (Fsp3) is 0.611. The minimum absolute atomic E-state index is 0.101. The lowest BCUT2D eigenvalue weighted by molar-refractivity contribution is 0.173. The molecule has 0 amide bonds. The summed E-state index contributed by atoms with van der Waals surface area (Å²) < 4.78 is 5.26. The van der Waals surface area contributed by atoms with Crippen LogP contribution in [0, 0.1) is 22.7 Å². The Morgan fingerprint density at radius 2 is 1.76 bits per heavy atom. The highest BCUT2D eigenvalue weighted by atomic mass is 16.5. The molecular formula is C18H26N2O. The molecule has 0 spiro atoms. The fourth-order valence-corrected chi connectivity index (χ4v) is 3.10. The number of benzene rings is 1. The molecule has 1 aliphatic carbocycles. The SMILES string of the molecule is CC(C)(C)C1CCC(Nc2ccc(OCC#N)cc2)CC1. The average molecular weight is 286 g/mol. The molecule has 0 atom stereocenters. The molecule has 3 nitrogen and oxygen atoms in total. The van der Waals surface area contributed by atoms with E-state index in [0.29, 0.717) is 11.5 Å². The lowest BCUT2D eigenvalue weighted by Crippen LogP contribution is -2.31. The number of ether oxygens (including phenoxy) is 1. The third-order valence-corrected chi connectivity index (χ3v) is 4.48. The summed E-state index contributed by atoms with van der Waals surface area (Å²) in [6.45, 7) is 7.16. The number of nitrogens with zero attached hydrogens (tertiary/aromatic N) is 1. The van der Waals surface area contributed by atoms with Crippen LogP contribution in [0.2, 0.25) is 0 Å². The summed E-state index contributed by atoms with van der Waals surface area (Å²) in [7, 11) is 0. The van der Waals surface area contributed by atoms with Gasteiger partial charge >= 0.3 is 0 Å². The molecule has 0 aliphatic heterocycles. The first kappa shape index (κ1) is 15.7. The first-order chi connectivity index (χ1) is 9.99. The van der Waals surface area contributed by atoms with Crippen molar-refractivity contribution < 1.29 is 4.74 Å². The van der Waals surface area contributed by atoms with Crippen molar-refractivity contribution >= 4 is 5.69 Å². The van der Waals surface area contributed by atoms with E-state index in [0.717, 1.165) is 17.4 Å². The van der Waals surface area contributed by atoms with Crippen molar-refractivity contribution in [3.05, 3.63) is 24.3 Å². The zero-order valence-electron chi connectivity index (χ0n) is 13.4. The molecule has 114 valence electrons. The second kappa shape index (κ2) is 6.85. The minimum atomic E-state index is 0.101. The van der Waals surface area contributed by atoms with E-state index in [1.807, 2.05) is 30.3 Å². The average Bonchev–Trinajstić information content (AvgIpc) is 2.46. The summed E-state index contributed by atoms with van der Waals surface area (Å²) in [6, 6.07) is 10.4. The molecule has 1 aromatic carbocycles. The molecule has 1 fully saturated rings. The van der Waals surface area contributed by atoms with Crippen molar-refractivity contribution in [2.75, 3.05) is 11.9 Å². The maximum Gasteiger partial charge on any atom is 0.174 e. The van der Waals surface area contributed by atoms with Gasteiger partial charge in [0.15, 0.2) is 6.61 Å². The summed E-state index contributed by atoms with van der Waals surface area (Å²) in [4.78, 5) is 0. The second-order valence-electron chi connectivity index (χ2n) is 7.03. The van der Waals surface area contributed by atoms with Crippen LogP contribution in [0.5, 0.6) is 5.75 Å². The van der Waals surface area contributed by atoms with E-state index in [2.05, 4.69) is 26.1 Å². The van der Waals surface area contributed by atoms with Crippen LogP contribution in [0.3, 0.4) is 0 Å². The lowest BCUT2D eigenvalue weighted by Gasteiger charge is -2.37. The number of hydrogen-bond acceptors (Lipinski definition) is 3. The monoisotopic (exact) mass is 286 g/mol. The highest BCUT2D eigenvalue weighted by molar-refractivity contribution is 5.47. The Hall–Kier alpha value is -1.69. The van der Waals surface area contributed by atoms with Crippen LogP contribution in [-0.4, -0.2) is 12.6 Å². The normalized spacial score (nSPS) is 22.4. The molecule has 1 N–H and O–H groups in total. The van der Waals surface area contributed by atoms with E-state index in [1.54, 1.807) is 0 Å². The summed E-state index contributed by atoms with van der Waals surface area (Å²) in [5.41, 5.74) is 1.57. The smallest absolute Gasteiger partial charge is 0.174 e. The number of nitriles is 1. The van der Waals surface area contributed by atoms with E-state index in [4.69, 9.17) is 10.00 Å². The van der Waals surface area contributed by atoms with Crippen LogP contribution < -0.4 is 10.1 Å². The van der Waals surface area contributed by atoms with Crippen LogP contribution in [-0.2, 0) is 0 Å². The van der Waals surface area contributed by atoms with Gasteiger partial charge in [0.25, 0.3) is 0 Å². The van der Waals surface area contributed by atoms with E-state index in [9.17, 15) is 0 Å². The first-order valence-corrected chi connectivity index (χ1v) is 7.85. The summed E-state index contributed by atoms with van der Waals surface area (Å²) >= 11 is 0. The van der Waals surface area contributed by atoms with Gasteiger partial charge in [-0.25, -0.2) is 0 Å². The van der Waals surface area contributed by atoms with Crippen molar-refractivity contribution in [3.8, 4) is 11.8 Å². The Bertz CT molecular complexity index is 473. The highest BCUT2D eigenvalue weighted by Crippen LogP contribution is 2.38. The molecule has 0 unspecified atom stereocenters. The Kier molecular flexibility index (Phi) is 5.12. The van der Waals surface area contributed by atoms with E-state index < -0.39 is 0 Å². The summed E-state index contributed by atoms with van der Waals surface area (Å²) in [6.07, 6.45) is 5.11. The zero-order valence-corrected chi connectivity index (χ0v) is 13.4. The van der Waals surface area contributed by atoms with Crippen LogP contribution in [0.15, 0.2) is 24.3 Å². The molecule has 0 aromatic heterocycles. The maximum atomic E-state index is 8.49. The molecule has 21 heavy (non-hydrogen) atoms. The predicted molar refractivity (Wildman–Crippen MR) is 86.4 cm³/mol. The fourth-order valence-electron chi connectivity index (χ4n) is 3.10. The van der Waals surface area contributed by atoms with E-state index >= 15 is 0 Å². The zero-order chi connectivity index (χ0) is 15.3. The summed E-state index contributed by atoms with van der Waals surface area (Å²) in [5, 5.41) is 12.1. The number of rotatable bonds is 4. The van der Waals surface area contributed by atoms with Gasteiger partial charge in [0.1, 0.15) is 11.8 Å². The molecule has 0 saturated heterocycles. The van der Waals surface area contributed by atoms with E-state index in [-0.39, 0.29) is 6.61 Å². The Morgan fingerprint density at radius 3 is 2.29 bits per heavy atom. The Labute approximate surface area is 128 Å².